The first-order valence-corrected chi connectivity index (χ1v) is 5.82. The van der Waals surface area contributed by atoms with Gasteiger partial charge in [-0.25, -0.2) is 0 Å². The molecule has 6 heteroatoms. The lowest BCUT2D eigenvalue weighted by Crippen LogP contribution is -2.19. The normalized spacial score (nSPS) is 13.9. The quantitative estimate of drug-likeness (QED) is 0.901. The maximum Gasteiger partial charge on any atom is 0.418 e. The molecule has 0 saturated carbocycles. The molecule has 0 aliphatic carbocycles. The number of aliphatic hydroxyl groups is 1. The molecule has 0 saturated heterocycles. The van der Waals surface area contributed by atoms with Crippen molar-refractivity contribution in [3.8, 4) is 0 Å². The van der Waals surface area contributed by atoms with E-state index >= 15 is 0 Å². The summed E-state index contributed by atoms with van der Waals surface area (Å²) in [5, 5.41) is 12.9. The molecule has 1 N–H and O–H groups in total. The van der Waals surface area contributed by atoms with Crippen LogP contribution in [0.4, 0.5) is 13.2 Å². The van der Waals surface area contributed by atoms with Crippen LogP contribution in [0.25, 0.3) is 0 Å². The molecule has 0 aliphatic rings. The summed E-state index contributed by atoms with van der Waals surface area (Å²) in [6.07, 6.45) is -4.18. The summed E-state index contributed by atoms with van der Waals surface area (Å²) >= 11 is 1.53. The Labute approximate surface area is 99.9 Å². The smallest absolute Gasteiger partial charge is 0.379 e. The highest BCUT2D eigenvalue weighted by molar-refractivity contribution is 7.07. The number of halogens is 3. The van der Waals surface area contributed by atoms with Crippen LogP contribution in [0, 0.1) is 0 Å². The fourth-order valence-electron chi connectivity index (χ4n) is 1.50. The minimum Gasteiger partial charge on any atom is -0.379 e. The summed E-state index contributed by atoms with van der Waals surface area (Å²) in [6.45, 7) is 0.508. The highest BCUT2D eigenvalue weighted by atomic mass is 32.1. The SMILES string of the molecule is OC(c1ccn(Cc2ccsc2)c1)C(F)(F)F. The molecule has 17 heavy (non-hydrogen) atoms. The maximum absolute atomic E-state index is 12.3. The van der Waals surface area contributed by atoms with E-state index < -0.39 is 12.3 Å². The van der Waals surface area contributed by atoms with Crippen LogP contribution in [0.3, 0.4) is 0 Å². The van der Waals surface area contributed by atoms with E-state index in [0.717, 1.165) is 5.56 Å². The van der Waals surface area contributed by atoms with Gasteiger partial charge in [0.15, 0.2) is 6.10 Å². The second-order valence-electron chi connectivity index (χ2n) is 3.69. The third kappa shape index (κ3) is 2.89. The van der Waals surface area contributed by atoms with E-state index in [1.165, 1.54) is 29.8 Å². The summed E-state index contributed by atoms with van der Waals surface area (Å²) in [5.41, 5.74) is 0.895. The number of aliphatic hydroxyl groups excluding tert-OH is 1. The zero-order valence-electron chi connectivity index (χ0n) is 8.69. The predicted molar refractivity (Wildman–Crippen MR) is 58.9 cm³/mol. The monoisotopic (exact) mass is 261 g/mol. The molecule has 1 unspecified atom stereocenters. The molecular formula is C11H10F3NOS. The highest BCUT2D eigenvalue weighted by Gasteiger charge is 2.39. The summed E-state index contributed by atoms with van der Waals surface area (Å²) in [4.78, 5) is 0. The van der Waals surface area contributed by atoms with E-state index in [1.807, 2.05) is 16.8 Å². The van der Waals surface area contributed by atoms with Crippen molar-refractivity contribution in [2.24, 2.45) is 0 Å². The summed E-state index contributed by atoms with van der Waals surface area (Å²) in [7, 11) is 0. The Bertz CT molecular complexity index is 475. The van der Waals surface area contributed by atoms with Crippen molar-refractivity contribution in [1.82, 2.24) is 4.57 Å². The van der Waals surface area contributed by atoms with Crippen LogP contribution >= 0.6 is 11.3 Å². The first kappa shape index (κ1) is 12.2. The average molecular weight is 261 g/mol. The number of nitrogens with zero attached hydrogens (tertiary/aromatic N) is 1. The van der Waals surface area contributed by atoms with E-state index in [4.69, 9.17) is 5.11 Å². The van der Waals surface area contributed by atoms with Crippen molar-refractivity contribution in [3.05, 3.63) is 46.4 Å². The minimum absolute atomic E-state index is 0.132. The first-order chi connectivity index (χ1) is 7.97. The Morgan fingerprint density at radius 2 is 2.12 bits per heavy atom. The molecule has 0 aliphatic heterocycles. The number of hydrogen-bond donors (Lipinski definition) is 1. The van der Waals surface area contributed by atoms with Gasteiger partial charge in [0.2, 0.25) is 0 Å². The molecule has 2 rings (SSSR count). The largest absolute Gasteiger partial charge is 0.418 e. The fourth-order valence-corrected chi connectivity index (χ4v) is 2.16. The van der Waals surface area contributed by atoms with Crippen LogP contribution in [-0.4, -0.2) is 15.8 Å². The van der Waals surface area contributed by atoms with Crippen LogP contribution in [-0.2, 0) is 6.54 Å². The number of hydrogen-bond acceptors (Lipinski definition) is 2. The molecule has 0 spiro atoms. The third-order valence-corrected chi connectivity index (χ3v) is 3.08. The van der Waals surface area contributed by atoms with Crippen LogP contribution in [0.1, 0.15) is 17.2 Å². The number of rotatable bonds is 3. The van der Waals surface area contributed by atoms with Gasteiger partial charge in [-0.2, -0.15) is 24.5 Å². The standard InChI is InChI=1S/C11H10F3NOS/c12-11(13,14)10(16)9-1-3-15(6-9)5-8-2-4-17-7-8/h1-4,6-7,10,16H,5H2. The molecule has 92 valence electrons. The maximum atomic E-state index is 12.3. The van der Waals surface area contributed by atoms with Crippen molar-refractivity contribution in [3.63, 3.8) is 0 Å². The second-order valence-corrected chi connectivity index (χ2v) is 4.47. The molecule has 0 amide bonds. The second kappa shape index (κ2) is 4.54. The lowest BCUT2D eigenvalue weighted by molar-refractivity contribution is -0.206. The topological polar surface area (TPSA) is 25.2 Å². The van der Waals surface area contributed by atoms with Crippen molar-refractivity contribution in [1.29, 1.82) is 0 Å². The lowest BCUT2D eigenvalue weighted by atomic mass is 10.2. The molecule has 0 bridgehead atoms. The molecule has 1 atom stereocenters. The molecule has 2 nitrogen and oxygen atoms in total. The molecule has 2 heterocycles. The Morgan fingerprint density at radius 3 is 2.71 bits per heavy atom. The summed E-state index contributed by atoms with van der Waals surface area (Å²) < 4.78 is 38.4. The van der Waals surface area contributed by atoms with Crippen LogP contribution in [0.2, 0.25) is 0 Å². The Kier molecular flexibility index (Phi) is 3.26. The van der Waals surface area contributed by atoms with Gasteiger partial charge in [0.05, 0.1) is 0 Å². The van der Waals surface area contributed by atoms with Crippen LogP contribution < -0.4 is 0 Å². The number of aromatic nitrogens is 1. The summed E-state index contributed by atoms with van der Waals surface area (Å²) in [5.74, 6) is 0. The van der Waals surface area contributed by atoms with Crippen molar-refractivity contribution in [2.45, 2.75) is 18.8 Å². The van der Waals surface area contributed by atoms with Gasteiger partial charge in [-0.1, -0.05) is 0 Å². The van der Waals surface area contributed by atoms with Crippen molar-refractivity contribution in [2.75, 3.05) is 0 Å². The van der Waals surface area contributed by atoms with Gasteiger partial charge in [-0.05, 0) is 28.5 Å². The summed E-state index contributed by atoms with van der Waals surface area (Å²) in [6, 6.07) is 3.19. The molecule has 2 aromatic rings. The van der Waals surface area contributed by atoms with Crippen LogP contribution in [0.5, 0.6) is 0 Å². The zero-order chi connectivity index (χ0) is 12.5. The molecule has 0 fully saturated rings. The molecule has 2 aromatic heterocycles. The Balaban J connectivity index is 2.11. The molecule has 0 aromatic carbocycles. The Hall–Kier alpha value is -1.27. The van der Waals surface area contributed by atoms with Gasteiger partial charge in [0, 0.05) is 24.5 Å². The molecular weight excluding hydrogens is 251 g/mol. The van der Waals surface area contributed by atoms with E-state index in [0.29, 0.717) is 6.54 Å². The Morgan fingerprint density at radius 1 is 1.35 bits per heavy atom. The van der Waals surface area contributed by atoms with Crippen molar-refractivity contribution >= 4 is 11.3 Å². The molecule has 0 radical (unpaired) electrons. The van der Waals surface area contributed by atoms with Gasteiger partial charge >= 0.3 is 6.18 Å². The predicted octanol–water partition coefficient (Wildman–Crippen LogP) is 3.19. The third-order valence-electron chi connectivity index (χ3n) is 2.34. The van der Waals surface area contributed by atoms with Crippen LogP contribution in [0.15, 0.2) is 35.3 Å². The fraction of sp³-hybridized carbons (Fsp3) is 0.273. The van der Waals surface area contributed by atoms with E-state index in [9.17, 15) is 13.2 Å². The highest BCUT2D eigenvalue weighted by Crippen LogP contribution is 2.32. The van der Waals surface area contributed by atoms with E-state index in [1.54, 1.807) is 4.57 Å². The van der Waals surface area contributed by atoms with E-state index in [-0.39, 0.29) is 5.56 Å². The van der Waals surface area contributed by atoms with Gasteiger partial charge < -0.3 is 9.67 Å². The number of thiophene rings is 1. The first-order valence-electron chi connectivity index (χ1n) is 4.88. The van der Waals surface area contributed by atoms with Gasteiger partial charge in [0.1, 0.15) is 0 Å². The lowest BCUT2D eigenvalue weighted by Gasteiger charge is -2.12. The zero-order valence-corrected chi connectivity index (χ0v) is 9.50. The van der Waals surface area contributed by atoms with Gasteiger partial charge in [-0.3, -0.25) is 0 Å². The number of alkyl halides is 3. The van der Waals surface area contributed by atoms with Gasteiger partial charge in [-0.15, -0.1) is 0 Å². The minimum atomic E-state index is -4.62. The van der Waals surface area contributed by atoms with Crippen molar-refractivity contribution < 1.29 is 18.3 Å². The average Bonchev–Trinajstić information content (AvgIpc) is 2.87. The van der Waals surface area contributed by atoms with E-state index in [2.05, 4.69) is 0 Å². The van der Waals surface area contributed by atoms with Gasteiger partial charge in [0.25, 0.3) is 0 Å².